The van der Waals surface area contributed by atoms with Gasteiger partial charge in [0.05, 0.1) is 5.69 Å². The molecule has 1 aromatic rings. The van der Waals surface area contributed by atoms with Crippen LogP contribution in [0.3, 0.4) is 0 Å². The van der Waals surface area contributed by atoms with Gasteiger partial charge in [0, 0.05) is 18.5 Å². The van der Waals surface area contributed by atoms with Gasteiger partial charge in [-0.2, -0.15) is 0 Å². The van der Waals surface area contributed by atoms with Crippen LogP contribution < -0.4 is 5.32 Å². The molecule has 0 aromatic carbocycles. The van der Waals surface area contributed by atoms with E-state index < -0.39 is 0 Å². The number of aromatic nitrogens is 1. The van der Waals surface area contributed by atoms with Crippen LogP contribution in [0.25, 0.3) is 0 Å². The summed E-state index contributed by atoms with van der Waals surface area (Å²) in [5.41, 5.74) is 1.14. The van der Waals surface area contributed by atoms with Crippen LogP contribution in [0.15, 0.2) is 10.8 Å². The van der Waals surface area contributed by atoms with Crippen LogP contribution in [0.2, 0.25) is 0 Å². The fourth-order valence-electron chi connectivity index (χ4n) is 1.94. The molecule has 2 fully saturated rings. The molecular weight excluding hydrogens is 176 g/mol. The van der Waals surface area contributed by atoms with Gasteiger partial charge in [0.1, 0.15) is 5.76 Å². The van der Waals surface area contributed by atoms with Crippen LogP contribution in [-0.2, 0) is 6.54 Å². The number of rotatable bonds is 4. The average Bonchev–Trinajstić information content (AvgIpc) is 2.82. The van der Waals surface area contributed by atoms with Gasteiger partial charge in [-0.1, -0.05) is 6.42 Å². The summed E-state index contributed by atoms with van der Waals surface area (Å²) in [7, 11) is 0. The molecule has 2 saturated carbocycles. The van der Waals surface area contributed by atoms with Crippen LogP contribution in [0.4, 0.5) is 0 Å². The Kier molecular flexibility index (Phi) is 2.05. The summed E-state index contributed by atoms with van der Waals surface area (Å²) in [5.74, 6) is 1.80. The van der Waals surface area contributed by atoms with Crippen LogP contribution in [0, 0.1) is 0 Å². The maximum Gasteiger partial charge on any atom is 0.181 e. The zero-order valence-electron chi connectivity index (χ0n) is 8.33. The van der Waals surface area contributed by atoms with E-state index in [-0.39, 0.29) is 0 Å². The predicted molar refractivity (Wildman–Crippen MR) is 53.0 cm³/mol. The Balaban J connectivity index is 1.65. The summed E-state index contributed by atoms with van der Waals surface area (Å²) >= 11 is 0. The molecule has 0 radical (unpaired) electrons. The number of nitrogens with one attached hydrogen (secondary N) is 1. The molecule has 0 bridgehead atoms. The van der Waals surface area contributed by atoms with Gasteiger partial charge in [0.25, 0.3) is 0 Å². The van der Waals surface area contributed by atoms with Gasteiger partial charge in [0.15, 0.2) is 6.39 Å². The van der Waals surface area contributed by atoms with Crippen LogP contribution in [-0.4, -0.2) is 11.0 Å². The Morgan fingerprint density at radius 2 is 2.21 bits per heavy atom. The average molecular weight is 192 g/mol. The molecule has 0 unspecified atom stereocenters. The van der Waals surface area contributed by atoms with E-state index in [0.717, 1.165) is 24.0 Å². The van der Waals surface area contributed by atoms with E-state index in [0.29, 0.717) is 5.92 Å². The third-order valence-electron chi connectivity index (χ3n) is 3.28. The molecule has 1 N–H and O–H groups in total. The van der Waals surface area contributed by atoms with Gasteiger partial charge in [-0.25, -0.2) is 4.98 Å². The fraction of sp³-hybridized carbons (Fsp3) is 0.727. The highest BCUT2D eigenvalue weighted by molar-refractivity contribution is 5.15. The number of hydrogen-bond donors (Lipinski definition) is 1. The molecule has 3 rings (SSSR count). The van der Waals surface area contributed by atoms with Crippen LogP contribution in [0.5, 0.6) is 0 Å². The van der Waals surface area contributed by atoms with E-state index in [2.05, 4.69) is 10.3 Å². The minimum Gasteiger partial charge on any atom is -0.448 e. The van der Waals surface area contributed by atoms with E-state index in [9.17, 15) is 0 Å². The number of hydrogen-bond acceptors (Lipinski definition) is 3. The molecule has 0 saturated heterocycles. The van der Waals surface area contributed by atoms with Crippen molar-refractivity contribution >= 4 is 0 Å². The van der Waals surface area contributed by atoms with Crippen molar-refractivity contribution < 1.29 is 4.42 Å². The van der Waals surface area contributed by atoms with Crippen molar-refractivity contribution in [1.82, 2.24) is 10.3 Å². The maximum absolute atomic E-state index is 5.47. The molecule has 2 aliphatic carbocycles. The Bertz CT molecular complexity index is 313. The second kappa shape index (κ2) is 3.39. The van der Waals surface area contributed by atoms with Crippen molar-refractivity contribution in [3.05, 3.63) is 17.8 Å². The third kappa shape index (κ3) is 1.57. The van der Waals surface area contributed by atoms with E-state index >= 15 is 0 Å². The van der Waals surface area contributed by atoms with Gasteiger partial charge in [-0.05, 0) is 25.7 Å². The quantitative estimate of drug-likeness (QED) is 0.794. The van der Waals surface area contributed by atoms with E-state index in [1.54, 1.807) is 6.39 Å². The van der Waals surface area contributed by atoms with Gasteiger partial charge >= 0.3 is 0 Å². The molecule has 0 atom stereocenters. The van der Waals surface area contributed by atoms with Crippen LogP contribution in [0.1, 0.15) is 49.5 Å². The predicted octanol–water partition coefficient (Wildman–Crippen LogP) is 2.19. The van der Waals surface area contributed by atoms with Gasteiger partial charge in [-0.3, -0.25) is 0 Å². The topological polar surface area (TPSA) is 38.1 Å². The zero-order chi connectivity index (χ0) is 9.38. The minimum atomic E-state index is 0.661. The summed E-state index contributed by atoms with van der Waals surface area (Å²) in [6.07, 6.45) is 8.17. The maximum atomic E-state index is 5.47. The van der Waals surface area contributed by atoms with Gasteiger partial charge < -0.3 is 9.73 Å². The standard InChI is InChI=1S/C11H16N2O/c1-2-8(3-1)11-10(13-7-14-11)6-12-9-4-5-9/h7-9,12H,1-6H2. The highest BCUT2D eigenvalue weighted by Gasteiger charge is 2.27. The van der Waals surface area contributed by atoms with Crippen molar-refractivity contribution in [1.29, 1.82) is 0 Å². The number of oxazole rings is 1. The third-order valence-corrected chi connectivity index (χ3v) is 3.28. The summed E-state index contributed by atoms with van der Waals surface area (Å²) in [4.78, 5) is 4.29. The highest BCUT2D eigenvalue weighted by atomic mass is 16.3. The van der Waals surface area contributed by atoms with Crippen molar-refractivity contribution in [3.63, 3.8) is 0 Å². The molecule has 1 heterocycles. The lowest BCUT2D eigenvalue weighted by Crippen LogP contribution is -2.18. The fourth-order valence-corrected chi connectivity index (χ4v) is 1.94. The largest absolute Gasteiger partial charge is 0.448 e. The molecule has 14 heavy (non-hydrogen) atoms. The van der Waals surface area contributed by atoms with E-state index in [4.69, 9.17) is 4.42 Å². The van der Waals surface area contributed by atoms with Crippen molar-refractivity contribution in [2.45, 2.75) is 50.6 Å². The Morgan fingerprint density at radius 1 is 1.36 bits per heavy atom. The lowest BCUT2D eigenvalue weighted by molar-refractivity contribution is 0.342. The SMILES string of the molecule is c1nc(CNC2CC2)c(C2CCC2)o1. The second-order valence-corrected chi connectivity index (χ2v) is 4.45. The van der Waals surface area contributed by atoms with Crippen LogP contribution >= 0.6 is 0 Å². The van der Waals surface area contributed by atoms with Gasteiger partial charge in [-0.15, -0.1) is 0 Å². The molecule has 1 aromatic heterocycles. The first kappa shape index (κ1) is 8.48. The smallest absolute Gasteiger partial charge is 0.181 e. The second-order valence-electron chi connectivity index (χ2n) is 4.45. The Labute approximate surface area is 83.9 Å². The molecular formula is C11H16N2O. The zero-order valence-corrected chi connectivity index (χ0v) is 8.33. The summed E-state index contributed by atoms with van der Waals surface area (Å²) in [6.45, 7) is 0.896. The highest BCUT2D eigenvalue weighted by Crippen LogP contribution is 2.37. The Morgan fingerprint density at radius 3 is 2.86 bits per heavy atom. The normalized spacial score (nSPS) is 22.3. The van der Waals surface area contributed by atoms with Crippen molar-refractivity contribution in [2.24, 2.45) is 0 Å². The van der Waals surface area contributed by atoms with E-state index in [1.165, 1.54) is 32.1 Å². The summed E-state index contributed by atoms with van der Waals surface area (Å²) in [6, 6.07) is 0.751. The van der Waals surface area contributed by atoms with E-state index in [1.807, 2.05) is 0 Å². The summed E-state index contributed by atoms with van der Waals surface area (Å²) < 4.78 is 5.47. The first-order chi connectivity index (χ1) is 6.93. The lowest BCUT2D eigenvalue weighted by atomic mass is 9.83. The first-order valence-corrected chi connectivity index (χ1v) is 5.59. The first-order valence-electron chi connectivity index (χ1n) is 5.59. The minimum absolute atomic E-state index is 0.661. The molecule has 76 valence electrons. The molecule has 2 aliphatic rings. The molecule has 0 aliphatic heterocycles. The molecule has 0 spiro atoms. The Hall–Kier alpha value is -0.830. The molecule has 3 heteroatoms. The van der Waals surface area contributed by atoms with Gasteiger partial charge in [0.2, 0.25) is 0 Å². The lowest BCUT2D eigenvalue weighted by Gasteiger charge is -2.23. The molecule has 0 amide bonds. The van der Waals surface area contributed by atoms with Crippen molar-refractivity contribution in [2.75, 3.05) is 0 Å². The number of nitrogens with zero attached hydrogens (tertiary/aromatic N) is 1. The summed E-state index contributed by atoms with van der Waals surface area (Å²) in [5, 5.41) is 3.48. The monoisotopic (exact) mass is 192 g/mol. The molecule has 3 nitrogen and oxygen atoms in total. The van der Waals surface area contributed by atoms with Crippen molar-refractivity contribution in [3.8, 4) is 0 Å².